The van der Waals surface area contributed by atoms with Gasteiger partial charge in [-0.15, -0.1) is 0 Å². The Labute approximate surface area is 125 Å². The van der Waals surface area contributed by atoms with Crippen LogP contribution in [0.4, 0.5) is 10.2 Å². The van der Waals surface area contributed by atoms with Gasteiger partial charge < -0.3 is 5.32 Å². The van der Waals surface area contributed by atoms with E-state index in [9.17, 15) is 4.39 Å². The normalized spacial score (nSPS) is 12.6. The number of anilines is 1. The first-order valence-electron chi connectivity index (χ1n) is 6.43. The molecule has 0 aliphatic carbocycles. The number of fused-ring (bicyclic) bond motifs is 1. The molecule has 1 N–H and O–H groups in total. The van der Waals surface area contributed by atoms with Crippen LogP contribution in [0, 0.1) is 12.7 Å². The number of rotatable bonds is 3. The first kappa shape index (κ1) is 13.8. The zero-order chi connectivity index (χ0) is 15.0. The third-order valence-corrected chi connectivity index (χ3v) is 3.48. The Morgan fingerprint density at radius 2 is 2.14 bits per heavy atom. The molecule has 0 aliphatic heterocycles. The summed E-state index contributed by atoms with van der Waals surface area (Å²) >= 11 is 5.98. The molecule has 0 unspecified atom stereocenters. The lowest BCUT2D eigenvalue weighted by molar-refractivity contribution is 0.624. The molecule has 0 saturated carbocycles. The highest BCUT2D eigenvalue weighted by molar-refractivity contribution is 6.29. The molecule has 5 nitrogen and oxygen atoms in total. The highest BCUT2D eigenvalue weighted by Crippen LogP contribution is 2.24. The number of hydrogen-bond acceptors (Lipinski definition) is 4. The summed E-state index contributed by atoms with van der Waals surface area (Å²) in [5.74, 6) is 0.862. The Bertz CT molecular complexity index is 801. The SMILES string of the molecule is Cc1cc(F)ccc1[C@@H](C)Nc1cc(Cl)nc2ncnn12. The van der Waals surface area contributed by atoms with Crippen molar-refractivity contribution in [3.05, 3.63) is 52.7 Å². The second-order valence-electron chi connectivity index (χ2n) is 4.80. The Kier molecular flexibility index (Phi) is 3.47. The molecule has 0 bridgehead atoms. The summed E-state index contributed by atoms with van der Waals surface area (Å²) in [6.45, 7) is 3.86. The van der Waals surface area contributed by atoms with Crippen molar-refractivity contribution >= 4 is 23.2 Å². The fourth-order valence-corrected chi connectivity index (χ4v) is 2.49. The van der Waals surface area contributed by atoms with Crippen molar-refractivity contribution < 1.29 is 4.39 Å². The fourth-order valence-electron chi connectivity index (χ4n) is 2.31. The van der Waals surface area contributed by atoms with Crippen LogP contribution in [0.1, 0.15) is 24.1 Å². The molecule has 7 heteroatoms. The molecule has 2 aromatic heterocycles. The van der Waals surface area contributed by atoms with Crippen molar-refractivity contribution in [2.45, 2.75) is 19.9 Å². The van der Waals surface area contributed by atoms with Gasteiger partial charge in [0.05, 0.1) is 6.04 Å². The fraction of sp³-hybridized carbons (Fsp3) is 0.214. The minimum absolute atomic E-state index is 0.0449. The van der Waals surface area contributed by atoms with Crippen LogP contribution in [-0.2, 0) is 0 Å². The Balaban J connectivity index is 1.96. The molecule has 1 atom stereocenters. The summed E-state index contributed by atoms with van der Waals surface area (Å²) in [7, 11) is 0. The van der Waals surface area contributed by atoms with Gasteiger partial charge in [-0.25, -0.2) is 4.39 Å². The molecule has 1 aromatic carbocycles. The highest BCUT2D eigenvalue weighted by atomic mass is 35.5. The predicted octanol–water partition coefficient (Wildman–Crippen LogP) is 3.40. The second kappa shape index (κ2) is 5.29. The Morgan fingerprint density at radius 3 is 2.90 bits per heavy atom. The van der Waals surface area contributed by atoms with E-state index in [1.54, 1.807) is 16.6 Å². The topological polar surface area (TPSA) is 55.1 Å². The third-order valence-electron chi connectivity index (χ3n) is 3.28. The van der Waals surface area contributed by atoms with E-state index in [0.29, 0.717) is 16.7 Å². The van der Waals surface area contributed by atoms with E-state index in [1.807, 2.05) is 13.8 Å². The van der Waals surface area contributed by atoms with E-state index < -0.39 is 0 Å². The number of hydrogen-bond donors (Lipinski definition) is 1. The Hall–Kier alpha value is -2.21. The van der Waals surface area contributed by atoms with Gasteiger partial charge in [0.25, 0.3) is 5.78 Å². The first-order chi connectivity index (χ1) is 10.0. The van der Waals surface area contributed by atoms with E-state index in [0.717, 1.165) is 11.1 Å². The molecule has 2 heterocycles. The summed E-state index contributed by atoms with van der Waals surface area (Å²) in [5, 5.41) is 7.74. The highest BCUT2D eigenvalue weighted by Gasteiger charge is 2.13. The predicted molar refractivity (Wildman–Crippen MR) is 79.0 cm³/mol. The maximum atomic E-state index is 13.2. The number of aryl methyl sites for hydroxylation is 1. The number of nitrogens with zero attached hydrogens (tertiary/aromatic N) is 4. The molecule has 108 valence electrons. The molecule has 21 heavy (non-hydrogen) atoms. The van der Waals surface area contributed by atoms with E-state index in [1.165, 1.54) is 18.5 Å². The van der Waals surface area contributed by atoms with E-state index >= 15 is 0 Å². The molecule has 3 rings (SSSR count). The van der Waals surface area contributed by atoms with Gasteiger partial charge in [0.15, 0.2) is 0 Å². The molecular formula is C14H13ClFN5. The summed E-state index contributed by atoms with van der Waals surface area (Å²) in [4.78, 5) is 8.09. The summed E-state index contributed by atoms with van der Waals surface area (Å²) in [6, 6.07) is 6.36. The standard InChI is InChI=1S/C14H13ClFN5/c1-8-5-10(16)3-4-11(8)9(2)19-13-6-12(15)20-14-17-7-18-21(13)14/h3-7,9,19H,1-2H3/t9-/m1/s1. The van der Waals surface area contributed by atoms with Crippen LogP contribution in [0.2, 0.25) is 5.15 Å². The number of benzene rings is 1. The van der Waals surface area contributed by atoms with Crippen molar-refractivity contribution in [3.63, 3.8) is 0 Å². The zero-order valence-corrected chi connectivity index (χ0v) is 12.3. The summed E-state index contributed by atoms with van der Waals surface area (Å²) < 4.78 is 14.8. The molecule has 0 amide bonds. The number of aromatic nitrogens is 4. The minimum Gasteiger partial charge on any atom is -0.363 e. The van der Waals surface area contributed by atoms with Gasteiger partial charge in [-0.1, -0.05) is 17.7 Å². The minimum atomic E-state index is -0.242. The van der Waals surface area contributed by atoms with Gasteiger partial charge in [-0.05, 0) is 37.1 Å². The molecular weight excluding hydrogens is 293 g/mol. The smallest absolute Gasteiger partial charge is 0.255 e. The number of nitrogens with one attached hydrogen (secondary N) is 1. The van der Waals surface area contributed by atoms with Gasteiger partial charge in [0, 0.05) is 6.07 Å². The largest absolute Gasteiger partial charge is 0.363 e. The van der Waals surface area contributed by atoms with Crippen molar-refractivity contribution in [3.8, 4) is 0 Å². The summed E-state index contributed by atoms with van der Waals surface area (Å²) in [5.41, 5.74) is 1.88. The maximum Gasteiger partial charge on any atom is 0.255 e. The molecule has 0 radical (unpaired) electrons. The van der Waals surface area contributed by atoms with E-state index in [-0.39, 0.29) is 11.9 Å². The average Bonchev–Trinajstić information content (AvgIpc) is 2.86. The van der Waals surface area contributed by atoms with E-state index in [2.05, 4.69) is 20.4 Å². The molecule has 3 aromatic rings. The van der Waals surface area contributed by atoms with Crippen LogP contribution in [0.25, 0.3) is 5.78 Å². The van der Waals surface area contributed by atoms with Gasteiger partial charge in [0.2, 0.25) is 0 Å². The van der Waals surface area contributed by atoms with Crippen molar-refractivity contribution in [2.75, 3.05) is 5.32 Å². The van der Waals surface area contributed by atoms with Crippen LogP contribution in [0.3, 0.4) is 0 Å². The number of halogens is 2. The van der Waals surface area contributed by atoms with Gasteiger partial charge >= 0.3 is 0 Å². The lowest BCUT2D eigenvalue weighted by Gasteiger charge is -2.18. The molecule has 0 saturated heterocycles. The van der Waals surface area contributed by atoms with Crippen LogP contribution < -0.4 is 5.32 Å². The third kappa shape index (κ3) is 2.67. The second-order valence-corrected chi connectivity index (χ2v) is 5.19. The lowest BCUT2D eigenvalue weighted by atomic mass is 10.0. The Morgan fingerprint density at radius 1 is 1.33 bits per heavy atom. The average molecular weight is 306 g/mol. The molecule has 0 aliphatic rings. The van der Waals surface area contributed by atoms with Gasteiger partial charge in [-0.3, -0.25) is 0 Å². The van der Waals surface area contributed by atoms with E-state index in [4.69, 9.17) is 11.6 Å². The zero-order valence-electron chi connectivity index (χ0n) is 11.5. The van der Waals surface area contributed by atoms with Crippen LogP contribution in [0.15, 0.2) is 30.6 Å². The lowest BCUT2D eigenvalue weighted by Crippen LogP contribution is -2.12. The van der Waals surface area contributed by atoms with Gasteiger partial charge in [-0.2, -0.15) is 19.6 Å². The maximum absolute atomic E-state index is 13.2. The van der Waals surface area contributed by atoms with Gasteiger partial charge in [0.1, 0.15) is 23.1 Å². The molecule has 0 fully saturated rings. The van der Waals surface area contributed by atoms with Crippen LogP contribution in [0.5, 0.6) is 0 Å². The quantitative estimate of drug-likeness (QED) is 0.754. The monoisotopic (exact) mass is 305 g/mol. The summed E-state index contributed by atoms with van der Waals surface area (Å²) in [6.07, 6.45) is 1.41. The van der Waals surface area contributed by atoms with Crippen molar-refractivity contribution in [1.29, 1.82) is 0 Å². The van der Waals surface area contributed by atoms with Crippen LogP contribution >= 0.6 is 11.6 Å². The van der Waals surface area contributed by atoms with Crippen molar-refractivity contribution in [2.24, 2.45) is 0 Å². The van der Waals surface area contributed by atoms with Crippen LogP contribution in [-0.4, -0.2) is 19.6 Å². The first-order valence-corrected chi connectivity index (χ1v) is 6.81. The molecule has 0 spiro atoms. The van der Waals surface area contributed by atoms with Crippen molar-refractivity contribution in [1.82, 2.24) is 19.6 Å².